The number of hydrogen-bond donors (Lipinski definition) is 1. The van der Waals surface area contributed by atoms with Crippen molar-refractivity contribution in [3.63, 3.8) is 0 Å². The number of benzene rings is 1. The standard InChI is InChI=1S/C12H19NO2S/c1-4-9-16(14,15)13-12-10(3)7-6-8-11(12)5-2/h6-8,13H,4-5,9H2,1-3H3. The molecule has 0 amide bonds. The predicted molar refractivity (Wildman–Crippen MR) is 68.3 cm³/mol. The van der Waals surface area contributed by atoms with Gasteiger partial charge in [-0.05, 0) is 30.9 Å². The molecule has 1 N–H and O–H groups in total. The van der Waals surface area contributed by atoms with Crippen LogP contribution in [0.3, 0.4) is 0 Å². The molecule has 90 valence electrons. The van der Waals surface area contributed by atoms with Crippen molar-refractivity contribution in [3.05, 3.63) is 29.3 Å². The highest BCUT2D eigenvalue weighted by Gasteiger charge is 2.12. The van der Waals surface area contributed by atoms with E-state index in [2.05, 4.69) is 4.72 Å². The van der Waals surface area contributed by atoms with Gasteiger partial charge in [-0.2, -0.15) is 0 Å². The Morgan fingerprint density at radius 2 is 1.94 bits per heavy atom. The lowest BCUT2D eigenvalue weighted by molar-refractivity contribution is 0.600. The van der Waals surface area contributed by atoms with Crippen LogP contribution in [0.15, 0.2) is 18.2 Å². The Kier molecular flexibility index (Phi) is 4.35. The van der Waals surface area contributed by atoms with Crippen LogP contribution in [0.5, 0.6) is 0 Å². The van der Waals surface area contributed by atoms with Gasteiger partial charge in [-0.1, -0.05) is 32.0 Å². The Hall–Kier alpha value is -1.03. The highest BCUT2D eigenvalue weighted by molar-refractivity contribution is 7.92. The molecule has 0 heterocycles. The molecule has 3 nitrogen and oxygen atoms in total. The van der Waals surface area contributed by atoms with Gasteiger partial charge in [-0.25, -0.2) is 8.42 Å². The third-order valence-corrected chi connectivity index (χ3v) is 3.93. The number of rotatable bonds is 5. The van der Waals surface area contributed by atoms with E-state index in [1.807, 2.05) is 39.0 Å². The molecule has 1 rings (SSSR count). The minimum Gasteiger partial charge on any atom is -0.283 e. The Morgan fingerprint density at radius 1 is 1.25 bits per heavy atom. The monoisotopic (exact) mass is 241 g/mol. The quantitative estimate of drug-likeness (QED) is 0.861. The first-order valence-corrected chi connectivity index (χ1v) is 7.24. The molecule has 0 aliphatic rings. The van der Waals surface area contributed by atoms with Crippen LogP contribution in [-0.2, 0) is 16.4 Å². The summed E-state index contributed by atoms with van der Waals surface area (Å²) in [6.45, 7) is 5.80. The van der Waals surface area contributed by atoms with Gasteiger partial charge in [-0.15, -0.1) is 0 Å². The Morgan fingerprint density at radius 3 is 2.50 bits per heavy atom. The lowest BCUT2D eigenvalue weighted by atomic mass is 10.1. The summed E-state index contributed by atoms with van der Waals surface area (Å²) in [5.41, 5.74) is 2.76. The molecule has 0 bridgehead atoms. The second-order valence-electron chi connectivity index (χ2n) is 3.88. The molecule has 0 aliphatic heterocycles. The zero-order valence-electron chi connectivity index (χ0n) is 10.1. The van der Waals surface area contributed by atoms with E-state index in [1.165, 1.54) is 0 Å². The smallest absolute Gasteiger partial charge is 0.232 e. The SMILES string of the molecule is CCCS(=O)(=O)Nc1c(C)cccc1CC. The topological polar surface area (TPSA) is 46.2 Å². The summed E-state index contributed by atoms with van der Waals surface area (Å²) in [5, 5.41) is 0. The predicted octanol–water partition coefficient (Wildman–Crippen LogP) is 2.71. The number of sulfonamides is 1. The van der Waals surface area contributed by atoms with Gasteiger partial charge in [0, 0.05) is 0 Å². The Balaban J connectivity index is 3.05. The fourth-order valence-electron chi connectivity index (χ4n) is 1.64. The molecule has 16 heavy (non-hydrogen) atoms. The summed E-state index contributed by atoms with van der Waals surface area (Å²) in [6.07, 6.45) is 1.45. The average Bonchev–Trinajstić information content (AvgIpc) is 2.20. The zero-order valence-corrected chi connectivity index (χ0v) is 10.9. The Labute approximate surface area is 97.9 Å². The summed E-state index contributed by atoms with van der Waals surface area (Å²) in [5.74, 6) is 0.171. The first-order chi connectivity index (χ1) is 7.50. The minimum absolute atomic E-state index is 0.171. The number of aryl methyl sites for hydroxylation is 2. The van der Waals surface area contributed by atoms with Crippen molar-refractivity contribution in [1.29, 1.82) is 0 Å². The minimum atomic E-state index is -3.19. The maximum atomic E-state index is 11.7. The summed E-state index contributed by atoms with van der Waals surface area (Å²) in [6, 6.07) is 5.82. The van der Waals surface area contributed by atoms with Crippen molar-refractivity contribution in [3.8, 4) is 0 Å². The van der Waals surface area contributed by atoms with Gasteiger partial charge >= 0.3 is 0 Å². The van der Waals surface area contributed by atoms with Crippen LogP contribution in [0.2, 0.25) is 0 Å². The molecule has 0 radical (unpaired) electrons. The first kappa shape index (κ1) is 13.0. The van der Waals surface area contributed by atoms with Crippen molar-refractivity contribution in [1.82, 2.24) is 0 Å². The van der Waals surface area contributed by atoms with Crippen LogP contribution < -0.4 is 4.72 Å². The molecular formula is C12H19NO2S. The van der Waals surface area contributed by atoms with E-state index in [9.17, 15) is 8.42 Å². The van der Waals surface area contributed by atoms with E-state index in [-0.39, 0.29) is 5.75 Å². The van der Waals surface area contributed by atoms with Crippen LogP contribution in [0.1, 0.15) is 31.4 Å². The molecule has 0 saturated carbocycles. The van der Waals surface area contributed by atoms with E-state index in [0.29, 0.717) is 6.42 Å². The van der Waals surface area contributed by atoms with Crippen molar-refractivity contribution < 1.29 is 8.42 Å². The molecule has 0 aromatic heterocycles. The first-order valence-electron chi connectivity index (χ1n) is 5.59. The molecule has 0 spiro atoms. The molecule has 0 aliphatic carbocycles. The normalized spacial score (nSPS) is 11.4. The number of anilines is 1. The van der Waals surface area contributed by atoms with Crippen molar-refractivity contribution in [2.75, 3.05) is 10.5 Å². The maximum absolute atomic E-state index is 11.7. The van der Waals surface area contributed by atoms with E-state index in [1.54, 1.807) is 0 Å². The third kappa shape index (κ3) is 3.23. The highest BCUT2D eigenvalue weighted by atomic mass is 32.2. The summed E-state index contributed by atoms with van der Waals surface area (Å²) < 4.78 is 26.1. The van der Waals surface area contributed by atoms with Crippen molar-refractivity contribution in [2.45, 2.75) is 33.6 Å². The Bertz CT molecular complexity index is 452. The fraction of sp³-hybridized carbons (Fsp3) is 0.500. The van der Waals surface area contributed by atoms with E-state index < -0.39 is 10.0 Å². The average molecular weight is 241 g/mol. The molecule has 0 saturated heterocycles. The summed E-state index contributed by atoms with van der Waals surface area (Å²) in [7, 11) is -3.19. The highest BCUT2D eigenvalue weighted by Crippen LogP contribution is 2.22. The largest absolute Gasteiger partial charge is 0.283 e. The summed E-state index contributed by atoms with van der Waals surface area (Å²) >= 11 is 0. The summed E-state index contributed by atoms with van der Waals surface area (Å²) in [4.78, 5) is 0. The molecular weight excluding hydrogens is 222 g/mol. The van der Waals surface area contributed by atoms with Gasteiger partial charge in [0.05, 0.1) is 11.4 Å². The molecule has 1 aromatic carbocycles. The van der Waals surface area contributed by atoms with Gasteiger partial charge < -0.3 is 0 Å². The fourth-order valence-corrected chi connectivity index (χ4v) is 2.89. The van der Waals surface area contributed by atoms with Crippen LogP contribution in [-0.4, -0.2) is 14.2 Å². The number of para-hydroxylation sites is 1. The van der Waals surface area contributed by atoms with Gasteiger partial charge in [0.15, 0.2) is 0 Å². The van der Waals surface area contributed by atoms with Crippen LogP contribution >= 0.6 is 0 Å². The molecule has 1 aromatic rings. The third-order valence-electron chi connectivity index (χ3n) is 2.47. The number of hydrogen-bond acceptors (Lipinski definition) is 2. The van der Waals surface area contributed by atoms with Crippen molar-refractivity contribution in [2.24, 2.45) is 0 Å². The van der Waals surface area contributed by atoms with Crippen LogP contribution in [0, 0.1) is 6.92 Å². The van der Waals surface area contributed by atoms with Gasteiger partial charge in [0.1, 0.15) is 0 Å². The second-order valence-corrected chi connectivity index (χ2v) is 5.73. The van der Waals surface area contributed by atoms with Crippen LogP contribution in [0.25, 0.3) is 0 Å². The van der Waals surface area contributed by atoms with Gasteiger partial charge in [0.25, 0.3) is 0 Å². The molecule has 0 atom stereocenters. The van der Waals surface area contributed by atoms with Gasteiger partial charge in [-0.3, -0.25) is 4.72 Å². The zero-order chi connectivity index (χ0) is 12.2. The van der Waals surface area contributed by atoms with Crippen molar-refractivity contribution >= 4 is 15.7 Å². The van der Waals surface area contributed by atoms with E-state index >= 15 is 0 Å². The molecule has 0 fully saturated rings. The second kappa shape index (κ2) is 5.34. The van der Waals surface area contributed by atoms with Crippen LogP contribution in [0.4, 0.5) is 5.69 Å². The molecule has 4 heteroatoms. The lowest BCUT2D eigenvalue weighted by Gasteiger charge is -2.13. The molecule has 0 unspecified atom stereocenters. The van der Waals surface area contributed by atoms with E-state index in [0.717, 1.165) is 23.2 Å². The maximum Gasteiger partial charge on any atom is 0.232 e. The number of nitrogens with one attached hydrogen (secondary N) is 1. The van der Waals surface area contributed by atoms with E-state index in [4.69, 9.17) is 0 Å². The van der Waals surface area contributed by atoms with Gasteiger partial charge in [0.2, 0.25) is 10.0 Å². The lowest BCUT2D eigenvalue weighted by Crippen LogP contribution is -2.17.